The lowest BCUT2D eigenvalue weighted by molar-refractivity contribution is 0.0718. The molecule has 5 nitrogen and oxygen atoms in total. The van der Waals surface area contributed by atoms with Crippen LogP contribution in [0.5, 0.6) is 0 Å². The summed E-state index contributed by atoms with van der Waals surface area (Å²) in [5.74, 6) is 0.439. The third kappa shape index (κ3) is 3.64. The first-order valence-electron chi connectivity index (χ1n) is 7.80. The first-order valence-corrected chi connectivity index (χ1v) is 7.80. The highest BCUT2D eigenvalue weighted by Crippen LogP contribution is 2.20. The van der Waals surface area contributed by atoms with Gasteiger partial charge in [-0.15, -0.1) is 0 Å². The molecule has 1 saturated heterocycles. The van der Waals surface area contributed by atoms with Crippen molar-refractivity contribution in [3.05, 3.63) is 47.7 Å². The molecule has 0 unspecified atom stereocenters. The van der Waals surface area contributed by atoms with Crippen LogP contribution in [0.2, 0.25) is 0 Å². The third-order valence-electron chi connectivity index (χ3n) is 3.84. The van der Waals surface area contributed by atoms with E-state index in [9.17, 15) is 9.18 Å². The highest BCUT2D eigenvalue weighted by atomic mass is 19.1. The van der Waals surface area contributed by atoms with E-state index in [0.29, 0.717) is 23.0 Å². The van der Waals surface area contributed by atoms with Crippen molar-refractivity contribution in [1.29, 1.82) is 0 Å². The van der Waals surface area contributed by atoms with Gasteiger partial charge in [-0.2, -0.15) is 0 Å². The second kappa shape index (κ2) is 6.73. The predicted octanol–water partition coefficient (Wildman–Crippen LogP) is 3.29. The van der Waals surface area contributed by atoms with Crippen LogP contribution in [-0.2, 0) is 0 Å². The zero-order valence-corrected chi connectivity index (χ0v) is 13.1. The number of hydrogen-bond donors (Lipinski definition) is 1. The maximum Gasteiger partial charge on any atom is 0.272 e. The Kier molecular flexibility index (Phi) is 4.50. The average Bonchev–Trinajstić information content (AvgIpc) is 2.56. The Morgan fingerprint density at radius 3 is 2.65 bits per heavy atom. The summed E-state index contributed by atoms with van der Waals surface area (Å²) in [6.45, 7) is 3.25. The fourth-order valence-electron chi connectivity index (χ4n) is 2.70. The molecule has 0 saturated carbocycles. The maximum absolute atomic E-state index is 13.7. The minimum atomic E-state index is -0.368. The summed E-state index contributed by atoms with van der Waals surface area (Å²) in [6, 6.07) is 7.93. The number of aryl methyl sites for hydroxylation is 1. The zero-order chi connectivity index (χ0) is 16.2. The van der Waals surface area contributed by atoms with E-state index in [-0.39, 0.29) is 11.7 Å². The number of para-hydroxylation sites is 1. The molecule has 0 bridgehead atoms. The number of hydrogen-bond acceptors (Lipinski definition) is 4. The predicted molar refractivity (Wildman–Crippen MR) is 86.2 cm³/mol. The van der Waals surface area contributed by atoms with Crippen LogP contribution in [0.1, 0.15) is 35.6 Å². The van der Waals surface area contributed by atoms with Crippen molar-refractivity contribution in [1.82, 2.24) is 14.9 Å². The second-order valence-corrected chi connectivity index (χ2v) is 5.64. The number of carbonyl (C=O) groups is 1. The lowest BCUT2D eigenvalue weighted by atomic mass is 10.1. The van der Waals surface area contributed by atoms with Crippen LogP contribution in [0, 0.1) is 12.7 Å². The summed E-state index contributed by atoms with van der Waals surface area (Å²) in [5, 5.41) is 2.91. The summed E-state index contributed by atoms with van der Waals surface area (Å²) in [5.41, 5.74) is 0.667. The molecule has 2 heterocycles. The van der Waals surface area contributed by atoms with E-state index in [0.717, 1.165) is 32.4 Å². The van der Waals surface area contributed by atoms with E-state index in [1.54, 1.807) is 31.2 Å². The first kappa shape index (κ1) is 15.4. The molecular weight excluding hydrogens is 295 g/mol. The molecule has 2 aromatic rings. The molecule has 1 fully saturated rings. The number of amides is 1. The Bertz CT molecular complexity index is 713. The van der Waals surface area contributed by atoms with E-state index in [1.165, 1.54) is 6.07 Å². The molecular formula is C17H19FN4O. The van der Waals surface area contributed by atoms with Crippen molar-refractivity contribution in [2.24, 2.45) is 0 Å². The van der Waals surface area contributed by atoms with Gasteiger partial charge in [0.1, 0.15) is 23.2 Å². The number of rotatable bonds is 3. The topological polar surface area (TPSA) is 58.1 Å². The van der Waals surface area contributed by atoms with Crippen molar-refractivity contribution >= 4 is 17.4 Å². The molecule has 120 valence electrons. The molecule has 0 spiro atoms. The molecule has 1 aliphatic heterocycles. The number of carbonyl (C=O) groups excluding carboxylic acids is 1. The molecule has 1 N–H and O–H groups in total. The summed E-state index contributed by atoms with van der Waals surface area (Å²) in [7, 11) is 0. The van der Waals surface area contributed by atoms with Crippen LogP contribution in [0.15, 0.2) is 30.3 Å². The van der Waals surface area contributed by atoms with E-state index in [4.69, 9.17) is 0 Å². The normalized spacial score (nSPS) is 14.6. The minimum Gasteiger partial charge on any atom is -0.338 e. The molecule has 1 amide bonds. The van der Waals surface area contributed by atoms with E-state index in [2.05, 4.69) is 15.3 Å². The molecule has 6 heteroatoms. The number of halogens is 1. The number of nitrogens with one attached hydrogen (secondary N) is 1. The van der Waals surface area contributed by atoms with Crippen molar-refractivity contribution in [3.63, 3.8) is 0 Å². The van der Waals surface area contributed by atoms with Gasteiger partial charge < -0.3 is 10.2 Å². The monoisotopic (exact) mass is 314 g/mol. The fourth-order valence-corrected chi connectivity index (χ4v) is 2.70. The van der Waals surface area contributed by atoms with Crippen molar-refractivity contribution in [2.45, 2.75) is 26.2 Å². The molecule has 23 heavy (non-hydrogen) atoms. The Balaban J connectivity index is 1.84. The van der Waals surface area contributed by atoms with Gasteiger partial charge in [0.05, 0.1) is 5.69 Å². The number of anilines is 2. The summed E-state index contributed by atoms with van der Waals surface area (Å²) < 4.78 is 13.7. The Morgan fingerprint density at radius 2 is 1.91 bits per heavy atom. The molecule has 3 rings (SSSR count). The van der Waals surface area contributed by atoms with Gasteiger partial charge in [-0.1, -0.05) is 12.1 Å². The Labute approximate surface area is 134 Å². The number of nitrogens with zero attached hydrogens (tertiary/aromatic N) is 3. The summed E-state index contributed by atoms with van der Waals surface area (Å²) in [6.07, 6.45) is 3.21. The molecule has 0 aliphatic carbocycles. The maximum atomic E-state index is 13.7. The standard InChI is InChI=1S/C17H19FN4O/c1-12-19-15(17(23)22-9-5-2-6-10-22)11-16(20-12)21-14-8-4-3-7-13(14)18/h3-4,7-8,11H,2,5-6,9-10H2,1H3,(H,19,20,21). The third-order valence-corrected chi connectivity index (χ3v) is 3.84. The number of likely N-dealkylation sites (tertiary alicyclic amines) is 1. The lowest BCUT2D eigenvalue weighted by Gasteiger charge is -2.26. The van der Waals surface area contributed by atoms with Gasteiger partial charge in [0.25, 0.3) is 5.91 Å². The number of piperidine rings is 1. The summed E-state index contributed by atoms with van der Waals surface area (Å²) in [4.78, 5) is 22.9. The quantitative estimate of drug-likeness (QED) is 0.944. The smallest absolute Gasteiger partial charge is 0.272 e. The SMILES string of the molecule is Cc1nc(Nc2ccccc2F)cc(C(=O)N2CCCCC2)n1. The van der Waals surface area contributed by atoms with Gasteiger partial charge in [0.2, 0.25) is 0 Å². The van der Waals surface area contributed by atoms with Crippen LogP contribution in [0.25, 0.3) is 0 Å². The Hall–Kier alpha value is -2.50. The largest absolute Gasteiger partial charge is 0.338 e. The molecule has 1 aliphatic rings. The van der Waals surface area contributed by atoms with E-state index < -0.39 is 0 Å². The van der Waals surface area contributed by atoms with Crippen LogP contribution in [0.4, 0.5) is 15.9 Å². The second-order valence-electron chi connectivity index (χ2n) is 5.64. The minimum absolute atomic E-state index is 0.0909. The lowest BCUT2D eigenvalue weighted by Crippen LogP contribution is -2.36. The van der Waals surface area contributed by atoms with Gasteiger partial charge in [-0.25, -0.2) is 14.4 Å². The number of aromatic nitrogens is 2. The van der Waals surface area contributed by atoms with Gasteiger partial charge in [-0.05, 0) is 38.3 Å². The van der Waals surface area contributed by atoms with E-state index in [1.807, 2.05) is 4.90 Å². The Morgan fingerprint density at radius 1 is 1.17 bits per heavy atom. The molecule has 1 aromatic carbocycles. The van der Waals surface area contributed by atoms with Crippen LogP contribution >= 0.6 is 0 Å². The highest BCUT2D eigenvalue weighted by Gasteiger charge is 2.20. The van der Waals surface area contributed by atoms with Gasteiger partial charge in [0, 0.05) is 19.2 Å². The van der Waals surface area contributed by atoms with Gasteiger partial charge in [0.15, 0.2) is 0 Å². The van der Waals surface area contributed by atoms with Crippen LogP contribution < -0.4 is 5.32 Å². The van der Waals surface area contributed by atoms with Crippen LogP contribution in [-0.4, -0.2) is 33.9 Å². The van der Waals surface area contributed by atoms with Gasteiger partial charge in [-0.3, -0.25) is 4.79 Å². The van der Waals surface area contributed by atoms with Crippen LogP contribution in [0.3, 0.4) is 0 Å². The highest BCUT2D eigenvalue weighted by molar-refractivity contribution is 5.93. The summed E-state index contributed by atoms with van der Waals surface area (Å²) >= 11 is 0. The van der Waals surface area contributed by atoms with Crippen molar-refractivity contribution in [2.75, 3.05) is 18.4 Å². The molecule has 0 atom stereocenters. The zero-order valence-electron chi connectivity index (χ0n) is 13.1. The first-order chi connectivity index (χ1) is 11.1. The van der Waals surface area contributed by atoms with Gasteiger partial charge >= 0.3 is 0 Å². The fraction of sp³-hybridized carbons (Fsp3) is 0.353. The van der Waals surface area contributed by atoms with E-state index >= 15 is 0 Å². The molecule has 1 aromatic heterocycles. The van der Waals surface area contributed by atoms with Crippen molar-refractivity contribution < 1.29 is 9.18 Å². The average molecular weight is 314 g/mol. The molecule has 0 radical (unpaired) electrons. The van der Waals surface area contributed by atoms with Crippen molar-refractivity contribution in [3.8, 4) is 0 Å². The number of benzene rings is 1.